The van der Waals surface area contributed by atoms with Crippen molar-refractivity contribution >= 4 is 5.97 Å². The lowest BCUT2D eigenvalue weighted by Gasteiger charge is -2.22. The van der Waals surface area contributed by atoms with Crippen LogP contribution in [0, 0.1) is 11.6 Å². The zero-order valence-electron chi connectivity index (χ0n) is 9.86. The number of aliphatic hydroxyl groups is 1. The van der Waals surface area contributed by atoms with E-state index >= 15 is 0 Å². The maximum absolute atomic E-state index is 13.4. The van der Waals surface area contributed by atoms with Gasteiger partial charge in [0, 0.05) is 18.0 Å². The summed E-state index contributed by atoms with van der Waals surface area (Å²) >= 11 is 0. The van der Waals surface area contributed by atoms with Crippen LogP contribution >= 0.6 is 0 Å². The Bertz CT molecular complexity index is 426. The number of nitrogens with one attached hydrogen (secondary N) is 1. The van der Waals surface area contributed by atoms with Crippen LogP contribution < -0.4 is 5.32 Å². The number of carbonyl (C=O) groups is 1. The number of aliphatic carboxylic acids is 1. The summed E-state index contributed by atoms with van der Waals surface area (Å²) in [6.45, 7) is 0. The molecule has 2 unspecified atom stereocenters. The van der Waals surface area contributed by atoms with Crippen molar-refractivity contribution in [2.24, 2.45) is 0 Å². The van der Waals surface area contributed by atoms with Crippen molar-refractivity contribution in [3.63, 3.8) is 0 Å². The molecule has 3 N–H and O–H groups in total. The SMILES string of the molecule is CNC(CCC(=O)O)C(O)c1cc(F)ccc1F. The second-order valence-corrected chi connectivity index (χ2v) is 3.94. The van der Waals surface area contributed by atoms with Crippen LogP contribution in [0.5, 0.6) is 0 Å². The molecule has 6 heteroatoms. The van der Waals surface area contributed by atoms with Crippen LogP contribution in [-0.4, -0.2) is 29.3 Å². The monoisotopic (exact) mass is 259 g/mol. The number of hydrogen-bond acceptors (Lipinski definition) is 3. The fourth-order valence-corrected chi connectivity index (χ4v) is 1.70. The van der Waals surface area contributed by atoms with Crippen LogP contribution in [0.4, 0.5) is 8.78 Å². The summed E-state index contributed by atoms with van der Waals surface area (Å²) in [6, 6.07) is 2.14. The average molecular weight is 259 g/mol. The van der Waals surface area contributed by atoms with Crippen LogP contribution in [0.25, 0.3) is 0 Å². The number of carboxylic acid groups (broad SMARTS) is 1. The minimum atomic E-state index is -1.30. The third-order valence-electron chi connectivity index (χ3n) is 2.70. The van der Waals surface area contributed by atoms with Gasteiger partial charge in [-0.15, -0.1) is 0 Å². The number of halogens is 2. The van der Waals surface area contributed by atoms with E-state index in [-0.39, 0.29) is 18.4 Å². The molecule has 0 aliphatic carbocycles. The maximum atomic E-state index is 13.4. The van der Waals surface area contributed by atoms with Crippen LogP contribution in [0.2, 0.25) is 0 Å². The fraction of sp³-hybridized carbons (Fsp3) is 0.417. The smallest absolute Gasteiger partial charge is 0.303 e. The Labute approximate surface area is 103 Å². The van der Waals surface area contributed by atoms with Gasteiger partial charge in [0.15, 0.2) is 0 Å². The van der Waals surface area contributed by atoms with E-state index in [9.17, 15) is 18.7 Å². The molecule has 18 heavy (non-hydrogen) atoms. The van der Waals surface area contributed by atoms with E-state index in [1.165, 1.54) is 7.05 Å². The highest BCUT2D eigenvalue weighted by Crippen LogP contribution is 2.23. The minimum absolute atomic E-state index is 0.114. The van der Waals surface area contributed by atoms with Crippen molar-refractivity contribution in [2.75, 3.05) is 7.05 Å². The van der Waals surface area contributed by atoms with Crippen molar-refractivity contribution in [3.05, 3.63) is 35.4 Å². The summed E-state index contributed by atoms with van der Waals surface area (Å²) in [7, 11) is 1.52. The Morgan fingerprint density at radius 2 is 2.11 bits per heavy atom. The van der Waals surface area contributed by atoms with Gasteiger partial charge in [0.25, 0.3) is 0 Å². The first-order valence-electron chi connectivity index (χ1n) is 5.47. The summed E-state index contributed by atoms with van der Waals surface area (Å²) in [5.41, 5.74) is -0.181. The van der Waals surface area contributed by atoms with Crippen LogP contribution in [-0.2, 0) is 4.79 Å². The predicted octanol–water partition coefficient (Wildman–Crippen LogP) is 1.45. The van der Waals surface area contributed by atoms with Crippen LogP contribution in [0.3, 0.4) is 0 Å². The molecule has 0 aromatic heterocycles. The molecule has 0 aliphatic rings. The Kier molecular flexibility index (Phi) is 5.18. The van der Waals surface area contributed by atoms with Gasteiger partial charge in [0.2, 0.25) is 0 Å². The van der Waals surface area contributed by atoms with Crippen LogP contribution in [0.15, 0.2) is 18.2 Å². The number of carboxylic acids is 1. The summed E-state index contributed by atoms with van der Waals surface area (Å²) in [5, 5.41) is 21.2. The zero-order chi connectivity index (χ0) is 13.7. The molecule has 0 bridgehead atoms. The molecule has 0 saturated carbocycles. The van der Waals surface area contributed by atoms with Crippen molar-refractivity contribution < 1.29 is 23.8 Å². The van der Waals surface area contributed by atoms with E-state index in [2.05, 4.69) is 5.32 Å². The van der Waals surface area contributed by atoms with Gasteiger partial charge in [-0.3, -0.25) is 4.79 Å². The third-order valence-corrected chi connectivity index (χ3v) is 2.70. The highest BCUT2D eigenvalue weighted by atomic mass is 19.1. The second-order valence-electron chi connectivity index (χ2n) is 3.94. The van der Waals surface area contributed by atoms with Crippen molar-refractivity contribution in [2.45, 2.75) is 25.0 Å². The van der Waals surface area contributed by atoms with Crippen molar-refractivity contribution in [3.8, 4) is 0 Å². The molecular weight excluding hydrogens is 244 g/mol. The number of hydrogen-bond donors (Lipinski definition) is 3. The lowest BCUT2D eigenvalue weighted by molar-refractivity contribution is -0.137. The Balaban J connectivity index is 2.85. The number of aliphatic hydroxyl groups excluding tert-OH is 1. The Morgan fingerprint density at radius 1 is 1.44 bits per heavy atom. The standard InChI is InChI=1S/C12H15F2NO3/c1-15-10(4-5-11(16)17)12(18)8-6-7(13)2-3-9(8)14/h2-3,6,10,12,15,18H,4-5H2,1H3,(H,16,17). The Hall–Kier alpha value is -1.53. The molecule has 100 valence electrons. The number of benzene rings is 1. The summed E-state index contributed by atoms with van der Waals surface area (Å²) < 4.78 is 26.4. The van der Waals surface area contributed by atoms with E-state index in [1.54, 1.807) is 0 Å². The molecule has 4 nitrogen and oxygen atoms in total. The van der Waals surface area contributed by atoms with Crippen LogP contribution in [0.1, 0.15) is 24.5 Å². The molecule has 0 aliphatic heterocycles. The van der Waals surface area contributed by atoms with E-state index < -0.39 is 29.7 Å². The molecular formula is C12H15F2NO3. The van der Waals surface area contributed by atoms with Gasteiger partial charge in [-0.2, -0.15) is 0 Å². The molecule has 1 aromatic carbocycles. The molecule has 0 radical (unpaired) electrons. The van der Waals surface area contributed by atoms with Crippen molar-refractivity contribution in [1.29, 1.82) is 0 Å². The lowest BCUT2D eigenvalue weighted by atomic mass is 9.98. The average Bonchev–Trinajstić information content (AvgIpc) is 2.32. The third kappa shape index (κ3) is 3.75. The first-order valence-corrected chi connectivity index (χ1v) is 5.47. The van der Waals surface area contributed by atoms with Gasteiger partial charge in [0.1, 0.15) is 11.6 Å². The van der Waals surface area contributed by atoms with Gasteiger partial charge >= 0.3 is 5.97 Å². The number of rotatable bonds is 6. The quantitative estimate of drug-likeness (QED) is 0.723. The summed E-state index contributed by atoms with van der Waals surface area (Å²) in [6.07, 6.45) is -1.35. The zero-order valence-corrected chi connectivity index (χ0v) is 9.86. The second kappa shape index (κ2) is 6.42. The van der Waals surface area contributed by atoms with Crippen molar-refractivity contribution in [1.82, 2.24) is 5.32 Å². The van der Waals surface area contributed by atoms with Gasteiger partial charge in [-0.05, 0) is 31.7 Å². The van der Waals surface area contributed by atoms with E-state index in [0.717, 1.165) is 18.2 Å². The summed E-state index contributed by atoms with van der Waals surface area (Å²) in [4.78, 5) is 10.5. The first-order chi connectivity index (χ1) is 8.45. The molecule has 1 rings (SSSR count). The van der Waals surface area contributed by atoms with Gasteiger partial charge < -0.3 is 15.5 Å². The van der Waals surface area contributed by atoms with E-state index in [4.69, 9.17) is 5.11 Å². The minimum Gasteiger partial charge on any atom is -0.481 e. The molecule has 0 fully saturated rings. The van der Waals surface area contributed by atoms with Gasteiger partial charge in [-0.25, -0.2) is 8.78 Å². The molecule has 0 saturated heterocycles. The summed E-state index contributed by atoms with van der Waals surface area (Å²) in [5.74, 6) is -2.39. The molecule has 0 spiro atoms. The van der Waals surface area contributed by atoms with Gasteiger partial charge in [-0.1, -0.05) is 0 Å². The highest BCUT2D eigenvalue weighted by Gasteiger charge is 2.23. The lowest BCUT2D eigenvalue weighted by Crippen LogP contribution is -2.33. The maximum Gasteiger partial charge on any atom is 0.303 e. The molecule has 0 heterocycles. The topological polar surface area (TPSA) is 69.6 Å². The number of likely N-dealkylation sites (N-methyl/N-ethyl adjacent to an activating group) is 1. The van der Waals surface area contributed by atoms with Gasteiger partial charge in [0.05, 0.1) is 6.10 Å². The molecule has 1 aromatic rings. The normalized spacial score (nSPS) is 14.2. The largest absolute Gasteiger partial charge is 0.481 e. The highest BCUT2D eigenvalue weighted by molar-refractivity contribution is 5.66. The van der Waals surface area contributed by atoms with E-state index in [0.29, 0.717) is 0 Å². The Morgan fingerprint density at radius 3 is 2.67 bits per heavy atom. The molecule has 0 amide bonds. The predicted molar refractivity (Wildman–Crippen MR) is 61.0 cm³/mol. The molecule has 2 atom stereocenters. The fourth-order valence-electron chi connectivity index (χ4n) is 1.70. The first kappa shape index (κ1) is 14.5. The van der Waals surface area contributed by atoms with E-state index in [1.807, 2.05) is 0 Å².